The Bertz CT molecular complexity index is 982. The molecule has 0 unspecified atom stereocenters. The van der Waals surface area contributed by atoms with Crippen molar-refractivity contribution in [2.75, 3.05) is 13.2 Å². The second kappa shape index (κ2) is 15.9. The van der Waals surface area contributed by atoms with Crippen molar-refractivity contribution in [3.8, 4) is 11.1 Å². The summed E-state index contributed by atoms with van der Waals surface area (Å²) in [4.78, 5) is 22.1. The molecule has 0 aromatic heterocycles. The van der Waals surface area contributed by atoms with Crippen molar-refractivity contribution in [1.29, 1.82) is 0 Å². The van der Waals surface area contributed by atoms with E-state index in [2.05, 4.69) is 61.7 Å². The first kappa shape index (κ1) is 28.4. The molecule has 0 aliphatic heterocycles. The smallest absolute Gasteiger partial charge is 0.330 e. The highest BCUT2D eigenvalue weighted by molar-refractivity contribution is 5.81. The zero-order valence-corrected chi connectivity index (χ0v) is 22.2. The Kier molecular flexibility index (Phi) is 12.2. The summed E-state index contributed by atoms with van der Waals surface area (Å²) in [7, 11) is 0. The number of carbonyl (C=O) groups is 2. The van der Waals surface area contributed by atoms with Crippen LogP contribution in [0.4, 0.5) is 0 Å². The lowest BCUT2D eigenvalue weighted by molar-refractivity contribution is -0.138. The van der Waals surface area contributed by atoms with E-state index >= 15 is 0 Å². The van der Waals surface area contributed by atoms with Gasteiger partial charge in [-0.05, 0) is 79.0 Å². The molecule has 0 heterocycles. The Balaban J connectivity index is 1.34. The zero-order valence-electron chi connectivity index (χ0n) is 22.2. The molecule has 37 heavy (non-hydrogen) atoms. The van der Waals surface area contributed by atoms with E-state index in [4.69, 9.17) is 9.47 Å². The molecule has 1 aliphatic rings. The fourth-order valence-electron chi connectivity index (χ4n) is 5.22. The maximum absolute atomic E-state index is 11.1. The summed E-state index contributed by atoms with van der Waals surface area (Å²) in [6.45, 7) is 7.76. The summed E-state index contributed by atoms with van der Waals surface area (Å²) in [6, 6.07) is 17.9. The largest absolute Gasteiger partial charge is 0.463 e. The molecule has 0 spiro atoms. The molecule has 2 aromatic carbocycles. The molecule has 0 N–H and O–H groups in total. The second-order valence-electron chi connectivity index (χ2n) is 10.1. The third kappa shape index (κ3) is 10.0. The van der Waals surface area contributed by atoms with E-state index in [-0.39, 0.29) is 11.9 Å². The first-order valence-corrected chi connectivity index (χ1v) is 13.9. The van der Waals surface area contributed by atoms with Crippen LogP contribution in [0.3, 0.4) is 0 Å². The van der Waals surface area contributed by atoms with Gasteiger partial charge in [-0.2, -0.15) is 0 Å². The van der Waals surface area contributed by atoms with Crippen molar-refractivity contribution in [3.05, 3.63) is 85.0 Å². The van der Waals surface area contributed by atoms with Gasteiger partial charge in [0.05, 0.1) is 13.2 Å². The second-order valence-corrected chi connectivity index (χ2v) is 10.1. The first-order valence-electron chi connectivity index (χ1n) is 13.9. The Morgan fingerprint density at radius 1 is 0.703 bits per heavy atom. The highest BCUT2D eigenvalue weighted by Gasteiger charge is 2.22. The van der Waals surface area contributed by atoms with Gasteiger partial charge < -0.3 is 9.47 Å². The summed E-state index contributed by atoms with van der Waals surface area (Å²) >= 11 is 0. The van der Waals surface area contributed by atoms with Crippen molar-refractivity contribution in [2.45, 2.75) is 76.5 Å². The van der Waals surface area contributed by atoms with Crippen LogP contribution in [-0.4, -0.2) is 25.2 Å². The Labute approximate surface area is 222 Å². The van der Waals surface area contributed by atoms with Crippen LogP contribution in [-0.2, 0) is 25.5 Å². The van der Waals surface area contributed by atoms with Crippen LogP contribution >= 0.6 is 0 Å². The molecule has 0 bridgehead atoms. The van der Waals surface area contributed by atoms with E-state index in [0.717, 1.165) is 31.6 Å². The van der Waals surface area contributed by atoms with E-state index in [1.54, 1.807) is 0 Å². The summed E-state index contributed by atoms with van der Waals surface area (Å²) in [5, 5.41) is 0. The molecule has 3 rings (SSSR count). The molecular formula is C33H42O4. The lowest BCUT2D eigenvalue weighted by atomic mass is 9.77. The van der Waals surface area contributed by atoms with Gasteiger partial charge in [0.25, 0.3) is 0 Å². The third-order valence-electron chi connectivity index (χ3n) is 7.45. The highest BCUT2D eigenvalue weighted by atomic mass is 16.5. The molecule has 1 saturated carbocycles. The van der Waals surface area contributed by atoms with E-state index in [1.807, 2.05) is 0 Å². The van der Waals surface area contributed by atoms with E-state index in [0.29, 0.717) is 19.1 Å². The molecule has 1 aliphatic carbocycles. The van der Waals surface area contributed by atoms with Crippen molar-refractivity contribution in [1.82, 2.24) is 0 Å². The predicted octanol–water partition coefficient (Wildman–Crippen LogP) is 7.97. The minimum Gasteiger partial charge on any atom is -0.463 e. The summed E-state index contributed by atoms with van der Waals surface area (Å²) in [5.74, 6) is 0.865. The van der Waals surface area contributed by atoms with Gasteiger partial charge in [0.1, 0.15) is 0 Å². The molecule has 0 saturated heterocycles. The minimum absolute atomic E-state index is 0.320. The Morgan fingerprint density at radius 3 is 1.84 bits per heavy atom. The summed E-state index contributed by atoms with van der Waals surface area (Å²) in [5.41, 5.74) is 5.21. The molecule has 4 nitrogen and oxygen atoms in total. The normalized spacial score (nSPS) is 17.1. The van der Waals surface area contributed by atoms with Gasteiger partial charge in [0, 0.05) is 12.2 Å². The lowest BCUT2D eigenvalue weighted by Crippen LogP contribution is -2.13. The van der Waals surface area contributed by atoms with E-state index in [9.17, 15) is 9.59 Å². The number of benzene rings is 2. The van der Waals surface area contributed by atoms with Gasteiger partial charge in [0.15, 0.2) is 0 Å². The maximum Gasteiger partial charge on any atom is 0.330 e. The summed E-state index contributed by atoms with van der Waals surface area (Å²) in [6.07, 6.45) is 15.3. The van der Waals surface area contributed by atoms with E-state index < -0.39 is 0 Å². The molecule has 0 amide bonds. The molecule has 4 heteroatoms. The minimum atomic E-state index is -0.360. The number of esters is 2. The number of hydrogen-bond acceptors (Lipinski definition) is 4. The zero-order chi connectivity index (χ0) is 26.3. The van der Waals surface area contributed by atoms with Gasteiger partial charge in [-0.25, -0.2) is 9.59 Å². The van der Waals surface area contributed by atoms with Gasteiger partial charge in [0.2, 0.25) is 0 Å². The van der Waals surface area contributed by atoms with Gasteiger partial charge in [-0.3, -0.25) is 0 Å². The Hall–Kier alpha value is -3.14. The molecule has 0 radical (unpaired) electrons. The number of aryl methyl sites for hydroxylation is 1. The number of ether oxygens (including phenoxy) is 2. The standard InChI is InChI=1S/C33H42O4/c1-3-32(34)36-24-8-6-5-7-10-26-12-16-28(17-13-26)30-20-22-31(23-21-30)29-18-14-27(15-19-29)11-9-25-37-33(35)4-2/h3-4,14-15,18-23,26,28H,1-2,5-13,16-17,24-25H2. The maximum atomic E-state index is 11.1. The van der Waals surface area contributed by atoms with Crippen molar-refractivity contribution >= 4 is 11.9 Å². The molecule has 2 aromatic rings. The molecule has 198 valence electrons. The quantitative estimate of drug-likeness (QED) is 0.141. The lowest BCUT2D eigenvalue weighted by Gasteiger charge is -2.29. The monoisotopic (exact) mass is 502 g/mol. The van der Waals surface area contributed by atoms with Crippen molar-refractivity contribution in [3.63, 3.8) is 0 Å². The number of hydrogen-bond donors (Lipinski definition) is 0. The van der Waals surface area contributed by atoms with Gasteiger partial charge >= 0.3 is 11.9 Å². The van der Waals surface area contributed by atoms with Crippen LogP contribution in [0, 0.1) is 5.92 Å². The Morgan fingerprint density at radius 2 is 1.24 bits per heavy atom. The molecular weight excluding hydrogens is 460 g/mol. The summed E-state index contributed by atoms with van der Waals surface area (Å²) < 4.78 is 10.1. The van der Waals surface area contributed by atoms with Crippen LogP contribution < -0.4 is 0 Å². The SMILES string of the molecule is C=CC(=O)OCCCCCCC1CCC(c2ccc(-c3ccc(CCCOC(=O)C=C)cc3)cc2)CC1. The number of unbranched alkanes of at least 4 members (excludes halogenated alkanes) is 3. The highest BCUT2D eigenvalue weighted by Crippen LogP contribution is 2.38. The van der Waals surface area contributed by atoms with Crippen molar-refractivity contribution in [2.24, 2.45) is 5.92 Å². The average molecular weight is 503 g/mol. The van der Waals surface area contributed by atoms with Crippen LogP contribution in [0.5, 0.6) is 0 Å². The van der Waals surface area contributed by atoms with Crippen LogP contribution in [0.1, 0.15) is 81.3 Å². The molecule has 1 fully saturated rings. The predicted molar refractivity (Wildman–Crippen MR) is 150 cm³/mol. The van der Waals surface area contributed by atoms with Crippen molar-refractivity contribution < 1.29 is 19.1 Å². The van der Waals surface area contributed by atoms with Gasteiger partial charge in [-0.1, -0.05) is 87.4 Å². The first-order chi connectivity index (χ1) is 18.1. The number of rotatable bonds is 15. The van der Waals surface area contributed by atoms with Crippen LogP contribution in [0.25, 0.3) is 11.1 Å². The average Bonchev–Trinajstić information content (AvgIpc) is 2.95. The molecule has 0 atom stereocenters. The van der Waals surface area contributed by atoms with E-state index in [1.165, 1.54) is 79.4 Å². The third-order valence-corrected chi connectivity index (χ3v) is 7.45. The fraction of sp³-hybridized carbons (Fsp3) is 0.455. The van der Waals surface area contributed by atoms with Crippen LogP contribution in [0.2, 0.25) is 0 Å². The number of carbonyl (C=O) groups excluding carboxylic acids is 2. The van der Waals surface area contributed by atoms with Gasteiger partial charge in [-0.15, -0.1) is 0 Å². The topological polar surface area (TPSA) is 52.6 Å². The van der Waals surface area contributed by atoms with Crippen LogP contribution in [0.15, 0.2) is 73.8 Å². The fourth-order valence-corrected chi connectivity index (χ4v) is 5.22.